The van der Waals surface area contributed by atoms with Gasteiger partial charge in [0, 0.05) is 14.6 Å². The molecule has 1 N–H and O–H groups in total. The fourth-order valence-corrected chi connectivity index (χ4v) is 5.38. The van der Waals surface area contributed by atoms with Crippen molar-refractivity contribution in [2.45, 2.75) is 37.6 Å². The quantitative estimate of drug-likeness (QED) is 0.632. The second kappa shape index (κ2) is 8.50. The van der Waals surface area contributed by atoms with E-state index in [-0.39, 0.29) is 12.7 Å². The molecule has 0 aromatic heterocycles. The number of fused-ring (bicyclic) bond motifs is 1. The Bertz CT molecular complexity index is 1020. The summed E-state index contributed by atoms with van der Waals surface area (Å²) in [4.78, 5) is 28.1. The number of hydrogen-bond acceptors (Lipinski definition) is 5. The summed E-state index contributed by atoms with van der Waals surface area (Å²) >= 11 is 0. The molecule has 0 saturated carbocycles. The molecule has 32 heavy (non-hydrogen) atoms. The van der Waals surface area contributed by atoms with Gasteiger partial charge in [0.25, 0.3) is 0 Å². The number of ether oxygens (including phenoxy) is 3. The molecule has 2 aromatic rings. The Morgan fingerprint density at radius 1 is 1.09 bits per heavy atom. The number of aliphatic carboxylic acids is 1. The predicted octanol–water partition coefficient (Wildman–Crippen LogP) is 4.13. The third-order valence-corrected chi connectivity index (χ3v) is 7.91. The molecule has 1 amide bonds. The van der Waals surface area contributed by atoms with Crippen LogP contribution in [-0.4, -0.2) is 50.4 Å². The first-order chi connectivity index (χ1) is 15.2. The number of benzene rings is 2. The van der Waals surface area contributed by atoms with Crippen molar-refractivity contribution >= 4 is 20.0 Å². The maximum Gasteiger partial charge on any atom is 0.310 e. The summed E-state index contributed by atoms with van der Waals surface area (Å²) in [5, 5.41) is 10.3. The van der Waals surface area contributed by atoms with Crippen LogP contribution >= 0.6 is 0 Å². The first-order valence-corrected chi connectivity index (χ1v) is 14.5. The molecule has 4 rings (SSSR count). The number of rotatable bonds is 7. The van der Waals surface area contributed by atoms with Gasteiger partial charge in [0.15, 0.2) is 11.5 Å². The monoisotopic (exact) mass is 455 g/mol. The Hall–Kier alpha value is -3.00. The van der Waals surface area contributed by atoms with Gasteiger partial charge in [-0.1, -0.05) is 37.8 Å². The average Bonchev–Trinajstić information content (AvgIpc) is 3.33. The lowest BCUT2D eigenvalue weighted by Gasteiger charge is -2.29. The molecule has 0 spiro atoms. The Balaban J connectivity index is 1.77. The molecule has 7 nitrogen and oxygen atoms in total. The number of methoxy groups -OCH3 is 1. The molecule has 2 heterocycles. The summed E-state index contributed by atoms with van der Waals surface area (Å²) < 4.78 is 16.1. The highest BCUT2D eigenvalue weighted by Gasteiger charge is 2.53. The van der Waals surface area contributed by atoms with Crippen LogP contribution in [0.1, 0.15) is 23.1 Å². The number of likely N-dealkylation sites (tertiary alicyclic amines) is 1. The number of nitrogens with zero attached hydrogens (tertiary/aromatic N) is 1. The van der Waals surface area contributed by atoms with Crippen molar-refractivity contribution in [2.24, 2.45) is 5.92 Å². The van der Waals surface area contributed by atoms with Gasteiger partial charge in [-0.05, 0) is 41.4 Å². The molecule has 2 aliphatic rings. The SMILES string of the molecule is COc1ccc([C@H]2[C@H](C(=O)O)[C@@H](c3ccc4c(c3)OCO4)C(=O)N2CC[Si](C)(C)C)cc1. The molecule has 0 unspecified atom stereocenters. The summed E-state index contributed by atoms with van der Waals surface area (Å²) in [6, 6.07) is 12.9. The van der Waals surface area contributed by atoms with Gasteiger partial charge in [0.05, 0.1) is 25.0 Å². The summed E-state index contributed by atoms with van der Waals surface area (Å²) in [5.74, 6) is -1.03. The molecule has 170 valence electrons. The number of carbonyl (C=O) groups excluding carboxylic acids is 1. The molecule has 2 aromatic carbocycles. The standard InChI is InChI=1S/C24H29NO6Si/c1-29-17-8-5-15(6-9-17)22-21(24(27)28)20(23(26)25(22)11-12-32(2,3)4)16-7-10-18-19(13-16)31-14-30-18/h5-10,13,20-22H,11-12,14H2,1-4H3,(H,27,28)/t20-,21-,22+/m1/s1. The van der Waals surface area contributed by atoms with Crippen LogP contribution in [-0.2, 0) is 9.59 Å². The number of amides is 1. The van der Waals surface area contributed by atoms with E-state index in [1.165, 1.54) is 0 Å². The van der Waals surface area contributed by atoms with Gasteiger partial charge >= 0.3 is 5.97 Å². The lowest BCUT2D eigenvalue weighted by molar-refractivity contribution is -0.143. The van der Waals surface area contributed by atoms with Crippen LogP contribution in [0.4, 0.5) is 0 Å². The van der Waals surface area contributed by atoms with Gasteiger partial charge in [-0.15, -0.1) is 0 Å². The fourth-order valence-electron chi connectivity index (χ4n) is 4.47. The lowest BCUT2D eigenvalue weighted by atomic mass is 9.82. The minimum absolute atomic E-state index is 0.122. The van der Waals surface area contributed by atoms with Gasteiger partial charge in [-0.3, -0.25) is 9.59 Å². The van der Waals surface area contributed by atoms with E-state index in [1.54, 1.807) is 30.2 Å². The molecular weight excluding hydrogens is 426 g/mol. The van der Waals surface area contributed by atoms with Crippen LogP contribution in [0.2, 0.25) is 25.7 Å². The summed E-state index contributed by atoms with van der Waals surface area (Å²) in [6.07, 6.45) is 0. The van der Waals surface area contributed by atoms with Crippen LogP contribution in [0.3, 0.4) is 0 Å². The van der Waals surface area contributed by atoms with Crippen LogP contribution in [0.15, 0.2) is 42.5 Å². The smallest absolute Gasteiger partial charge is 0.310 e. The van der Waals surface area contributed by atoms with Crippen LogP contribution < -0.4 is 14.2 Å². The summed E-state index contributed by atoms with van der Waals surface area (Å²) in [6.45, 7) is 7.41. The summed E-state index contributed by atoms with van der Waals surface area (Å²) in [7, 11) is 0.125. The van der Waals surface area contributed by atoms with Crippen LogP contribution in [0.5, 0.6) is 17.2 Å². The molecular formula is C24H29NO6Si. The molecule has 1 fully saturated rings. The maximum absolute atomic E-state index is 13.7. The Morgan fingerprint density at radius 2 is 1.75 bits per heavy atom. The Morgan fingerprint density at radius 3 is 2.38 bits per heavy atom. The highest BCUT2D eigenvalue weighted by molar-refractivity contribution is 6.76. The van der Waals surface area contributed by atoms with Crippen LogP contribution in [0, 0.1) is 5.92 Å². The zero-order valence-electron chi connectivity index (χ0n) is 18.8. The van der Waals surface area contributed by atoms with E-state index >= 15 is 0 Å². The van der Waals surface area contributed by atoms with E-state index in [0.29, 0.717) is 29.4 Å². The van der Waals surface area contributed by atoms with Crippen LogP contribution in [0.25, 0.3) is 0 Å². The van der Waals surface area contributed by atoms with Crippen molar-refractivity contribution in [3.63, 3.8) is 0 Å². The summed E-state index contributed by atoms with van der Waals surface area (Å²) in [5.41, 5.74) is 1.44. The molecule has 2 aliphatic heterocycles. The number of carboxylic acids is 1. The number of hydrogen-bond donors (Lipinski definition) is 1. The first-order valence-electron chi connectivity index (χ1n) is 10.8. The lowest BCUT2D eigenvalue weighted by Crippen LogP contribution is -2.35. The topological polar surface area (TPSA) is 85.3 Å². The highest BCUT2D eigenvalue weighted by atomic mass is 28.3. The number of carbonyl (C=O) groups is 2. The Labute approximate surface area is 188 Å². The van der Waals surface area contributed by atoms with Gasteiger partial charge in [0.2, 0.25) is 12.7 Å². The zero-order chi connectivity index (χ0) is 23.0. The largest absolute Gasteiger partial charge is 0.497 e. The molecule has 0 radical (unpaired) electrons. The zero-order valence-corrected chi connectivity index (χ0v) is 19.8. The third kappa shape index (κ3) is 4.19. The van der Waals surface area contributed by atoms with E-state index in [1.807, 2.05) is 24.3 Å². The van der Waals surface area contributed by atoms with Crippen molar-refractivity contribution in [3.8, 4) is 17.2 Å². The highest BCUT2D eigenvalue weighted by Crippen LogP contribution is 2.48. The maximum atomic E-state index is 13.7. The van der Waals surface area contributed by atoms with Crippen molar-refractivity contribution in [2.75, 3.05) is 20.4 Å². The molecule has 1 saturated heterocycles. The third-order valence-electron chi connectivity index (χ3n) is 6.19. The predicted molar refractivity (Wildman–Crippen MR) is 122 cm³/mol. The van der Waals surface area contributed by atoms with Crippen molar-refractivity contribution < 1.29 is 28.9 Å². The minimum Gasteiger partial charge on any atom is -0.497 e. The normalized spacial score (nSPS) is 22.3. The van der Waals surface area contributed by atoms with E-state index in [2.05, 4.69) is 19.6 Å². The second-order valence-electron chi connectivity index (χ2n) is 9.51. The molecule has 8 heteroatoms. The number of carboxylic acid groups (broad SMARTS) is 1. The second-order valence-corrected chi connectivity index (χ2v) is 15.1. The average molecular weight is 456 g/mol. The van der Waals surface area contributed by atoms with Gasteiger partial charge in [-0.2, -0.15) is 0 Å². The van der Waals surface area contributed by atoms with Crippen molar-refractivity contribution in [1.82, 2.24) is 4.90 Å². The molecule has 0 aliphatic carbocycles. The minimum atomic E-state index is -1.46. The van der Waals surface area contributed by atoms with E-state index in [9.17, 15) is 14.7 Å². The van der Waals surface area contributed by atoms with Gasteiger partial charge < -0.3 is 24.2 Å². The molecule has 0 bridgehead atoms. The van der Waals surface area contributed by atoms with Gasteiger partial charge in [0.1, 0.15) is 5.75 Å². The van der Waals surface area contributed by atoms with E-state index in [0.717, 1.165) is 11.6 Å². The molecule has 3 atom stereocenters. The fraction of sp³-hybridized carbons (Fsp3) is 0.417. The van der Waals surface area contributed by atoms with Crippen molar-refractivity contribution in [3.05, 3.63) is 53.6 Å². The van der Waals surface area contributed by atoms with E-state index in [4.69, 9.17) is 14.2 Å². The Kier molecular flexibility index (Phi) is 5.90. The van der Waals surface area contributed by atoms with E-state index < -0.39 is 31.9 Å². The first kappa shape index (κ1) is 22.2. The van der Waals surface area contributed by atoms with Crippen molar-refractivity contribution in [1.29, 1.82) is 0 Å². The van der Waals surface area contributed by atoms with Gasteiger partial charge in [-0.25, -0.2) is 0 Å².